The van der Waals surface area contributed by atoms with E-state index in [0.29, 0.717) is 23.0 Å². The molecule has 3 nitrogen and oxygen atoms in total. The van der Waals surface area contributed by atoms with E-state index in [-0.39, 0.29) is 0 Å². The van der Waals surface area contributed by atoms with Crippen molar-refractivity contribution < 1.29 is 9.90 Å². The van der Waals surface area contributed by atoms with Crippen molar-refractivity contribution in [2.45, 2.75) is 33.1 Å². The minimum absolute atomic E-state index is 0.606. The van der Waals surface area contributed by atoms with Crippen LogP contribution in [0.25, 0.3) is 0 Å². The monoisotopic (exact) mass is 317 g/mol. The first-order valence-corrected chi connectivity index (χ1v) is 7.47. The zero-order valence-corrected chi connectivity index (χ0v) is 13.4. The van der Waals surface area contributed by atoms with Gasteiger partial charge in [0.05, 0.1) is 5.41 Å². The number of aliphatic carboxylic acids is 1. The van der Waals surface area contributed by atoms with Crippen LogP contribution in [0.1, 0.15) is 32.3 Å². The van der Waals surface area contributed by atoms with Gasteiger partial charge in [0.1, 0.15) is 0 Å². The van der Waals surface area contributed by atoms with Crippen molar-refractivity contribution in [2.24, 2.45) is 5.41 Å². The van der Waals surface area contributed by atoms with E-state index in [0.717, 1.165) is 24.9 Å². The van der Waals surface area contributed by atoms with Gasteiger partial charge >= 0.3 is 5.97 Å². The molecule has 0 spiro atoms. The molecule has 20 heavy (non-hydrogen) atoms. The van der Waals surface area contributed by atoms with Crippen LogP contribution in [0.5, 0.6) is 0 Å². The van der Waals surface area contributed by atoms with Gasteiger partial charge in [0.2, 0.25) is 0 Å². The Morgan fingerprint density at radius 3 is 2.40 bits per heavy atom. The van der Waals surface area contributed by atoms with Crippen molar-refractivity contribution in [1.82, 2.24) is 5.32 Å². The van der Waals surface area contributed by atoms with Crippen molar-refractivity contribution in [2.75, 3.05) is 13.1 Å². The summed E-state index contributed by atoms with van der Waals surface area (Å²) in [5.41, 5.74) is 0.294. The first-order valence-electron chi connectivity index (χ1n) is 6.71. The highest BCUT2D eigenvalue weighted by Crippen LogP contribution is 2.25. The molecule has 0 radical (unpaired) electrons. The number of carboxylic acids is 1. The van der Waals surface area contributed by atoms with Gasteiger partial charge in [-0.25, -0.2) is 0 Å². The Kier molecular flexibility index (Phi) is 6.80. The first kappa shape index (κ1) is 17.3. The van der Waals surface area contributed by atoms with E-state index in [1.807, 2.05) is 18.2 Å². The molecule has 0 saturated carbocycles. The maximum absolute atomic E-state index is 10.9. The molecular weight excluding hydrogens is 297 g/mol. The van der Waals surface area contributed by atoms with Crippen molar-refractivity contribution >= 4 is 29.2 Å². The largest absolute Gasteiger partial charge is 0.481 e. The normalized spacial score (nSPS) is 11.6. The fourth-order valence-electron chi connectivity index (χ4n) is 1.79. The van der Waals surface area contributed by atoms with Gasteiger partial charge in [-0.15, -0.1) is 0 Å². The third-order valence-electron chi connectivity index (χ3n) is 3.35. The summed E-state index contributed by atoms with van der Waals surface area (Å²) in [6.07, 6.45) is 2.33. The highest BCUT2D eigenvalue weighted by atomic mass is 35.5. The number of benzene rings is 1. The summed E-state index contributed by atoms with van der Waals surface area (Å²) in [6, 6.07) is 5.51. The third kappa shape index (κ3) is 5.31. The molecule has 2 N–H and O–H groups in total. The Hall–Kier alpha value is -0.770. The Bertz CT molecular complexity index is 441. The number of carbonyl (C=O) groups is 1. The molecule has 0 saturated heterocycles. The molecule has 0 aliphatic heterocycles. The van der Waals surface area contributed by atoms with Crippen LogP contribution >= 0.6 is 23.2 Å². The zero-order valence-electron chi connectivity index (χ0n) is 11.9. The highest BCUT2D eigenvalue weighted by Gasteiger charge is 2.25. The van der Waals surface area contributed by atoms with Gasteiger partial charge in [-0.2, -0.15) is 0 Å². The lowest BCUT2D eigenvalue weighted by molar-refractivity contribution is -0.147. The number of hydrogen-bond acceptors (Lipinski definition) is 2. The van der Waals surface area contributed by atoms with Crippen molar-refractivity contribution in [1.29, 1.82) is 0 Å². The Labute approximate surface area is 130 Å². The number of rotatable bonds is 8. The number of carboxylic acid groups (broad SMARTS) is 1. The minimum atomic E-state index is -0.762. The summed E-state index contributed by atoms with van der Waals surface area (Å²) in [6.45, 7) is 4.98. The minimum Gasteiger partial charge on any atom is -0.481 e. The molecule has 5 heteroatoms. The quantitative estimate of drug-likeness (QED) is 0.712. The molecule has 0 aliphatic carbocycles. The van der Waals surface area contributed by atoms with E-state index in [4.69, 9.17) is 28.3 Å². The Morgan fingerprint density at radius 1 is 1.25 bits per heavy atom. The van der Waals surface area contributed by atoms with E-state index in [1.165, 1.54) is 0 Å². The van der Waals surface area contributed by atoms with Crippen LogP contribution < -0.4 is 5.32 Å². The van der Waals surface area contributed by atoms with Crippen molar-refractivity contribution in [3.63, 3.8) is 0 Å². The molecular formula is C15H21Cl2NO2. The van der Waals surface area contributed by atoms with Crippen LogP contribution in [0, 0.1) is 5.41 Å². The van der Waals surface area contributed by atoms with Gasteiger partial charge in [0, 0.05) is 10.0 Å². The SMILES string of the molecule is CC(C)(CCNCCCc1c(Cl)cccc1Cl)C(=O)O. The standard InChI is InChI=1S/C15H21Cl2NO2/c1-15(2,14(19)20)8-10-18-9-4-5-11-12(16)6-3-7-13(11)17/h3,6-7,18H,4-5,8-10H2,1-2H3,(H,19,20). The summed E-state index contributed by atoms with van der Waals surface area (Å²) in [5.74, 6) is -0.762. The Balaban J connectivity index is 2.25. The number of nitrogens with one attached hydrogen (secondary N) is 1. The molecule has 0 bridgehead atoms. The molecule has 0 unspecified atom stereocenters. The van der Waals surface area contributed by atoms with E-state index < -0.39 is 11.4 Å². The molecule has 0 fully saturated rings. The molecule has 1 aromatic rings. The molecule has 0 atom stereocenters. The van der Waals surface area contributed by atoms with E-state index in [9.17, 15) is 4.79 Å². The Morgan fingerprint density at radius 2 is 1.85 bits per heavy atom. The molecule has 0 amide bonds. The molecule has 0 aromatic heterocycles. The molecule has 1 aromatic carbocycles. The number of hydrogen-bond donors (Lipinski definition) is 2. The lowest BCUT2D eigenvalue weighted by Crippen LogP contribution is -2.29. The lowest BCUT2D eigenvalue weighted by atomic mass is 9.90. The first-order chi connectivity index (χ1) is 9.34. The zero-order chi connectivity index (χ0) is 15.2. The second-order valence-electron chi connectivity index (χ2n) is 5.49. The summed E-state index contributed by atoms with van der Waals surface area (Å²) >= 11 is 12.2. The average Bonchev–Trinajstić information content (AvgIpc) is 2.36. The van der Waals surface area contributed by atoms with Gasteiger partial charge in [-0.3, -0.25) is 4.79 Å². The second-order valence-corrected chi connectivity index (χ2v) is 6.31. The van der Waals surface area contributed by atoms with Gasteiger partial charge in [0.25, 0.3) is 0 Å². The molecule has 1 rings (SSSR count). The topological polar surface area (TPSA) is 49.3 Å². The van der Waals surface area contributed by atoms with Gasteiger partial charge in [-0.1, -0.05) is 29.3 Å². The maximum atomic E-state index is 10.9. The molecule has 0 aliphatic rings. The van der Waals surface area contributed by atoms with Crippen LogP contribution in [-0.4, -0.2) is 24.2 Å². The van der Waals surface area contributed by atoms with Gasteiger partial charge in [0.15, 0.2) is 0 Å². The summed E-state index contributed by atoms with van der Waals surface area (Å²) in [7, 11) is 0. The van der Waals surface area contributed by atoms with Crippen LogP contribution in [0.2, 0.25) is 10.0 Å². The van der Waals surface area contributed by atoms with Crippen molar-refractivity contribution in [3.8, 4) is 0 Å². The van der Waals surface area contributed by atoms with Gasteiger partial charge < -0.3 is 10.4 Å². The van der Waals surface area contributed by atoms with Crippen LogP contribution in [0.15, 0.2) is 18.2 Å². The number of halogens is 2. The highest BCUT2D eigenvalue weighted by molar-refractivity contribution is 6.35. The fourth-order valence-corrected chi connectivity index (χ4v) is 2.38. The van der Waals surface area contributed by atoms with E-state index >= 15 is 0 Å². The van der Waals surface area contributed by atoms with Gasteiger partial charge in [-0.05, 0) is 63.9 Å². The lowest BCUT2D eigenvalue weighted by Gasteiger charge is -2.18. The predicted molar refractivity (Wildman–Crippen MR) is 83.7 cm³/mol. The molecule has 112 valence electrons. The summed E-state index contributed by atoms with van der Waals surface area (Å²) in [5, 5.41) is 13.6. The van der Waals surface area contributed by atoms with Crippen LogP contribution in [0.4, 0.5) is 0 Å². The average molecular weight is 318 g/mol. The van der Waals surface area contributed by atoms with Crippen LogP contribution in [-0.2, 0) is 11.2 Å². The summed E-state index contributed by atoms with van der Waals surface area (Å²) < 4.78 is 0. The predicted octanol–water partition coefficient (Wildman–Crippen LogP) is 4.02. The van der Waals surface area contributed by atoms with Crippen LogP contribution in [0.3, 0.4) is 0 Å². The third-order valence-corrected chi connectivity index (χ3v) is 4.06. The smallest absolute Gasteiger partial charge is 0.309 e. The molecule has 0 heterocycles. The van der Waals surface area contributed by atoms with E-state index in [2.05, 4.69) is 5.32 Å². The fraction of sp³-hybridized carbons (Fsp3) is 0.533. The maximum Gasteiger partial charge on any atom is 0.309 e. The van der Waals surface area contributed by atoms with Crippen molar-refractivity contribution in [3.05, 3.63) is 33.8 Å². The van der Waals surface area contributed by atoms with E-state index in [1.54, 1.807) is 13.8 Å². The second kappa shape index (κ2) is 7.87. The summed E-state index contributed by atoms with van der Waals surface area (Å²) in [4.78, 5) is 10.9.